The minimum absolute atomic E-state index is 0.0735. The average molecular weight is 382 g/mol. The lowest BCUT2D eigenvalue weighted by atomic mass is 9.97. The molecule has 2 aromatic carbocycles. The lowest BCUT2D eigenvalue weighted by Crippen LogP contribution is -2.27. The first-order chi connectivity index (χ1) is 13.5. The van der Waals surface area contributed by atoms with Gasteiger partial charge in [-0.15, -0.1) is 0 Å². The number of methoxy groups -OCH3 is 1. The number of rotatable bonds is 7. The van der Waals surface area contributed by atoms with Gasteiger partial charge < -0.3 is 14.9 Å². The number of carbonyl (C=O) groups excluding carboxylic acids is 1. The summed E-state index contributed by atoms with van der Waals surface area (Å²) in [5.41, 5.74) is 2.20. The zero-order chi connectivity index (χ0) is 20.1. The number of phenols is 1. The van der Waals surface area contributed by atoms with Gasteiger partial charge in [0.1, 0.15) is 11.5 Å². The van der Waals surface area contributed by atoms with E-state index in [4.69, 9.17) is 9.84 Å². The first-order valence-electron chi connectivity index (χ1n) is 9.03. The van der Waals surface area contributed by atoms with E-state index in [1.54, 1.807) is 31.4 Å². The number of benzene rings is 2. The third-order valence-electron chi connectivity index (χ3n) is 4.67. The van der Waals surface area contributed by atoms with Crippen molar-refractivity contribution in [3.05, 3.63) is 59.7 Å². The summed E-state index contributed by atoms with van der Waals surface area (Å²) in [4.78, 5) is 23.4. The Morgan fingerprint density at radius 1 is 1.14 bits per heavy atom. The number of para-hydroxylation sites is 1. The Bertz CT molecular complexity index is 892. The molecule has 2 N–H and O–H groups in total. The highest BCUT2D eigenvalue weighted by molar-refractivity contribution is 6.03. The molecule has 1 amide bonds. The molecule has 1 heterocycles. The summed E-state index contributed by atoms with van der Waals surface area (Å²) >= 11 is 0. The number of hydrogen-bond donors (Lipinski definition) is 2. The molecule has 0 unspecified atom stereocenters. The number of phenolic OH excluding ortho intramolecular Hbond substituents is 1. The molecule has 1 atom stereocenters. The Morgan fingerprint density at radius 3 is 2.50 bits per heavy atom. The molecule has 0 saturated heterocycles. The van der Waals surface area contributed by atoms with Gasteiger partial charge in [0.2, 0.25) is 5.91 Å². The number of hydrogen-bond acceptors (Lipinski definition) is 5. The molecule has 7 nitrogen and oxygen atoms in total. The molecule has 0 spiro atoms. The van der Waals surface area contributed by atoms with Gasteiger partial charge in [-0.05, 0) is 42.3 Å². The first kappa shape index (κ1) is 19.4. The number of hydrazone groups is 1. The summed E-state index contributed by atoms with van der Waals surface area (Å²) in [6.07, 6.45) is 0.700. The second-order valence-corrected chi connectivity index (χ2v) is 6.54. The number of amides is 1. The zero-order valence-electron chi connectivity index (χ0n) is 15.5. The molecular weight excluding hydrogens is 360 g/mol. The van der Waals surface area contributed by atoms with Gasteiger partial charge in [-0.3, -0.25) is 9.59 Å². The van der Waals surface area contributed by atoms with E-state index < -0.39 is 12.0 Å². The van der Waals surface area contributed by atoms with E-state index in [0.29, 0.717) is 12.0 Å². The van der Waals surface area contributed by atoms with Crippen molar-refractivity contribution >= 4 is 17.6 Å². The Balaban J connectivity index is 1.87. The van der Waals surface area contributed by atoms with E-state index in [2.05, 4.69) is 5.10 Å². The third-order valence-corrected chi connectivity index (χ3v) is 4.67. The zero-order valence-corrected chi connectivity index (χ0v) is 15.5. The van der Waals surface area contributed by atoms with Crippen LogP contribution in [0.15, 0.2) is 53.6 Å². The molecule has 0 fully saturated rings. The highest BCUT2D eigenvalue weighted by atomic mass is 16.5. The third kappa shape index (κ3) is 4.31. The summed E-state index contributed by atoms with van der Waals surface area (Å²) in [7, 11) is 1.59. The summed E-state index contributed by atoms with van der Waals surface area (Å²) in [6.45, 7) is 0. The van der Waals surface area contributed by atoms with Crippen molar-refractivity contribution in [2.45, 2.75) is 31.7 Å². The van der Waals surface area contributed by atoms with Crippen molar-refractivity contribution in [1.82, 2.24) is 5.01 Å². The maximum Gasteiger partial charge on any atom is 0.303 e. The lowest BCUT2D eigenvalue weighted by molar-refractivity contribution is -0.137. The molecule has 0 radical (unpaired) electrons. The molecular formula is C21H22N2O5. The maximum atomic E-state index is 12.7. The molecule has 7 heteroatoms. The van der Waals surface area contributed by atoms with Crippen LogP contribution in [-0.4, -0.2) is 39.9 Å². The average Bonchev–Trinajstić information content (AvgIpc) is 3.13. The molecule has 1 aliphatic heterocycles. The SMILES string of the molecule is COc1ccc(C2=NN(C(=O)CCCC(=O)O)[C@H](c3ccccc3O)C2)cc1. The molecule has 146 valence electrons. The van der Waals surface area contributed by atoms with E-state index in [1.165, 1.54) is 5.01 Å². The van der Waals surface area contributed by atoms with Crippen LogP contribution >= 0.6 is 0 Å². The van der Waals surface area contributed by atoms with Crippen LogP contribution in [0.25, 0.3) is 0 Å². The topological polar surface area (TPSA) is 99.4 Å². The van der Waals surface area contributed by atoms with Crippen LogP contribution in [0.1, 0.15) is 42.9 Å². The van der Waals surface area contributed by atoms with E-state index in [-0.39, 0.29) is 30.9 Å². The second-order valence-electron chi connectivity index (χ2n) is 6.54. The van der Waals surface area contributed by atoms with Gasteiger partial charge in [-0.1, -0.05) is 18.2 Å². The second kappa shape index (κ2) is 8.56. The highest BCUT2D eigenvalue weighted by Crippen LogP contribution is 2.37. The lowest BCUT2D eigenvalue weighted by Gasteiger charge is -2.22. The number of carboxylic acids is 1. The van der Waals surface area contributed by atoms with Crippen molar-refractivity contribution < 1.29 is 24.5 Å². The fourth-order valence-corrected chi connectivity index (χ4v) is 3.22. The summed E-state index contributed by atoms with van der Waals surface area (Å²) in [5.74, 6) is -0.380. The van der Waals surface area contributed by atoms with Crippen LogP contribution < -0.4 is 4.74 Å². The van der Waals surface area contributed by atoms with Crippen molar-refractivity contribution in [3.8, 4) is 11.5 Å². The molecule has 1 aliphatic rings. The van der Waals surface area contributed by atoms with Gasteiger partial charge in [0.15, 0.2) is 0 Å². The van der Waals surface area contributed by atoms with Crippen molar-refractivity contribution in [2.75, 3.05) is 7.11 Å². The van der Waals surface area contributed by atoms with E-state index >= 15 is 0 Å². The minimum Gasteiger partial charge on any atom is -0.508 e. The monoisotopic (exact) mass is 382 g/mol. The van der Waals surface area contributed by atoms with Gasteiger partial charge >= 0.3 is 5.97 Å². The summed E-state index contributed by atoms with van der Waals surface area (Å²) < 4.78 is 5.18. The number of aromatic hydroxyl groups is 1. The minimum atomic E-state index is -0.936. The molecule has 0 aliphatic carbocycles. The van der Waals surface area contributed by atoms with Crippen molar-refractivity contribution in [3.63, 3.8) is 0 Å². The molecule has 3 rings (SSSR count). The summed E-state index contributed by atoms with van der Waals surface area (Å²) in [5, 5.41) is 24.9. The van der Waals surface area contributed by atoms with Gasteiger partial charge in [0.05, 0.1) is 18.9 Å². The Kier molecular flexibility index (Phi) is 5.93. The van der Waals surface area contributed by atoms with Gasteiger partial charge in [-0.25, -0.2) is 5.01 Å². The summed E-state index contributed by atoms with van der Waals surface area (Å²) in [6, 6.07) is 13.8. The quantitative estimate of drug-likeness (QED) is 0.765. The maximum absolute atomic E-state index is 12.7. The van der Waals surface area contributed by atoms with Crippen molar-refractivity contribution in [1.29, 1.82) is 0 Å². The van der Waals surface area contributed by atoms with Crippen LogP contribution in [0.5, 0.6) is 11.5 Å². The van der Waals surface area contributed by atoms with Gasteiger partial charge in [0, 0.05) is 24.8 Å². The van der Waals surface area contributed by atoms with Gasteiger partial charge in [-0.2, -0.15) is 5.10 Å². The predicted molar refractivity (Wildman–Crippen MR) is 103 cm³/mol. The van der Waals surface area contributed by atoms with Crippen molar-refractivity contribution in [2.24, 2.45) is 5.10 Å². The number of nitrogens with zero attached hydrogens (tertiary/aromatic N) is 2. The highest BCUT2D eigenvalue weighted by Gasteiger charge is 2.34. The standard InChI is InChI=1S/C21H22N2O5/c1-28-15-11-9-14(10-12-15)17-13-18(16-5-2-3-6-19(16)24)23(22-17)20(25)7-4-8-21(26)27/h2-3,5-6,9-12,18,24H,4,7-8,13H2,1H3,(H,26,27)/t18-/m0/s1. The van der Waals surface area contributed by atoms with Gasteiger partial charge in [0.25, 0.3) is 0 Å². The van der Waals surface area contributed by atoms with Crippen LogP contribution in [0.2, 0.25) is 0 Å². The largest absolute Gasteiger partial charge is 0.508 e. The first-order valence-corrected chi connectivity index (χ1v) is 9.03. The molecule has 28 heavy (non-hydrogen) atoms. The van der Waals surface area contributed by atoms with Crippen LogP contribution in [0.4, 0.5) is 0 Å². The smallest absolute Gasteiger partial charge is 0.303 e. The number of carbonyl (C=O) groups is 2. The molecule has 0 aromatic heterocycles. The Morgan fingerprint density at radius 2 is 1.86 bits per heavy atom. The normalized spacial score (nSPS) is 16.0. The Hall–Kier alpha value is -3.35. The van der Waals surface area contributed by atoms with E-state index in [1.807, 2.05) is 24.3 Å². The fraction of sp³-hybridized carbons (Fsp3) is 0.286. The predicted octanol–water partition coefficient (Wildman–Crippen LogP) is 3.33. The van der Waals surface area contributed by atoms with Crippen LogP contribution in [0.3, 0.4) is 0 Å². The number of ether oxygens (including phenoxy) is 1. The fourth-order valence-electron chi connectivity index (χ4n) is 3.22. The molecule has 0 bridgehead atoms. The Labute approximate surface area is 162 Å². The molecule has 0 saturated carbocycles. The van der Waals surface area contributed by atoms with Crippen LogP contribution in [0, 0.1) is 0 Å². The van der Waals surface area contributed by atoms with E-state index in [0.717, 1.165) is 17.0 Å². The van der Waals surface area contributed by atoms with Crippen LogP contribution in [-0.2, 0) is 9.59 Å². The van der Waals surface area contributed by atoms with E-state index in [9.17, 15) is 14.7 Å². The molecule has 2 aromatic rings. The number of aliphatic carboxylic acids is 1. The number of carboxylic acid groups (broad SMARTS) is 1.